The van der Waals surface area contributed by atoms with Crippen LogP contribution in [0.4, 0.5) is 0 Å². The van der Waals surface area contributed by atoms with Gasteiger partial charge >= 0.3 is 0 Å². The van der Waals surface area contributed by atoms with Gasteiger partial charge in [0.15, 0.2) is 0 Å². The third-order valence-corrected chi connectivity index (χ3v) is 4.98. The number of fused-ring (bicyclic) bond motifs is 1. The molecule has 1 fully saturated rings. The first-order valence-electron chi connectivity index (χ1n) is 7.61. The van der Waals surface area contributed by atoms with Crippen LogP contribution in [0.25, 0.3) is 10.9 Å². The molecule has 128 valence electrons. The summed E-state index contributed by atoms with van der Waals surface area (Å²) >= 11 is 6.55. The zero-order valence-electron chi connectivity index (χ0n) is 13.5. The van der Waals surface area contributed by atoms with Gasteiger partial charge in [-0.15, -0.1) is 24.8 Å². The minimum Gasteiger partial charge on any atom is -0.317 e. The predicted octanol–water partition coefficient (Wildman–Crippen LogP) is 4.22. The number of piperidine rings is 1. The summed E-state index contributed by atoms with van der Waals surface area (Å²) in [6.07, 6.45) is 2.39. The lowest BCUT2D eigenvalue weighted by Gasteiger charge is -2.31. The van der Waals surface area contributed by atoms with Gasteiger partial charge in [-0.3, -0.25) is 4.90 Å². The molecule has 3 nitrogen and oxygen atoms in total. The Hall–Kier alpha value is -0.580. The van der Waals surface area contributed by atoms with E-state index in [0.29, 0.717) is 6.04 Å². The van der Waals surface area contributed by atoms with E-state index in [9.17, 15) is 0 Å². The second-order valence-electron chi connectivity index (χ2n) is 5.91. The number of aromatic nitrogens is 1. The van der Waals surface area contributed by atoms with Crippen LogP contribution < -0.4 is 5.32 Å². The molecule has 6 heteroatoms. The van der Waals surface area contributed by atoms with Gasteiger partial charge in [0, 0.05) is 18.0 Å². The van der Waals surface area contributed by atoms with E-state index in [1.54, 1.807) is 0 Å². The van der Waals surface area contributed by atoms with Crippen LogP contribution in [0.15, 0.2) is 24.3 Å². The van der Waals surface area contributed by atoms with Crippen LogP contribution in [0.2, 0.25) is 5.02 Å². The molecule has 1 aromatic carbocycles. The number of rotatable bonds is 3. The van der Waals surface area contributed by atoms with Crippen LogP contribution in [0.5, 0.6) is 0 Å². The van der Waals surface area contributed by atoms with Gasteiger partial charge in [-0.05, 0) is 51.5 Å². The summed E-state index contributed by atoms with van der Waals surface area (Å²) in [5, 5.41) is 5.37. The number of para-hydroxylation sites is 1. The van der Waals surface area contributed by atoms with E-state index in [-0.39, 0.29) is 24.8 Å². The first kappa shape index (κ1) is 20.5. The number of aryl methyl sites for hydroxylation is 1. The Kier molecular flexibility index (Phi) is 8.05. The largest absolute Gasteiger partial charge is 0.317 e. The second-order valence-corrected chi connectivity index (χ2v) is 6.29. The predicted molar refractivity (Wildman–Crippen MR) is 103 cm³/mol. The summed E-state index contributed by atoms with van der Waals surface area (Å²) in [4.78, 5) is 7.17. The van der Waals surface area contributed by atoms with Gasteiger partial charge in [0.2, 0.25) is 0 Å². The fourth-order valence-corrected chi connectivity index (χ4v) is 3.34. The number of nitrogens with zero attached hydrogens (tertiary/aromatic N) is 2. The fourth-order valence-electron chi connectivity index (χ4n) is 3.13. The minimum absolute atomic E-state index is 0. The molecule has 2 aromatic rings. The van der Waals surface area contributed by atoms with Crippen LogP contribution in [-0.4, -0.2) is 36.1 Å². The van der Waals surface area contributed by atoms with Crippen molar-refractivity contribution in [2.75, 3.05) is 20.1 Å². The summed E-state index contributed by atoms with van der Waals surface area (Å²) in [7, 11) is 2.18. The molecular weight excluding hydrogens is 353 g/mol. The van der Waals surface area contributed by atoms with Crippen LogP contribution in [-0.2, 0) is 6.54 Å². The molecule has 0 aliphatic carbocycles. The van der Waals surface area contributed by atoms with Gasteiger partial charge in [-0.1, -0.05) is 29.8 Å². The van der Waals surface area contributed by atoms with E-state index in [2.05, 4.69) is 36.3 Å². The van der Waals surface area contributed by atoms with E-state index in [0.717, 1.165) is 46.8 Å². The van der Waals surface area contributed by atoms with Crippen molar-refractivity contribution in [3.05, 3.63) is 40.5 Å². The SMILES string of the molecule is Cc1c(Cl)c(CN(C)C2CCNCC2)nc2ccccc12.Cl.Cl. The standard InChI is InChI=1S/C17H22ClN3.2ClH/c1-12-14-5-3-4-6-15(14)20-16(17(12)18)11-21(2)13-7-9-19-10-8-13;;/h3-6,13,19H,7-11H2,1-2H3;2*1H. The van der Waals surface area contributed by atoms with Gasteiger partial charge in [0.25, 0.3) is 0 Å². The Morgan fingerprint density at radius 1 is 1.22 bits per heavy atom. The molecule has 0 radical (unpaired) electrons. The zero-order chi connectivity index (χ0) is 14.8. The molecule has 2 heterocycles. The maximum Gasteiger partial charge on any atom is 0.0740 e. The highest BCUT2D eigenvalue weighted by Crippen LogP contribution is 2.28. The van der Waals surface area contributed by atoms with Crippen molar-refractivity contribution >= 4 is 47.3 Å². The average Bonchev–Trinajstić information content (AvgIpc) is 2.53. The zero-order valence-corrected chi connectivity index (χ0v) is 15.9. The molecule has 0 bridgehead atoms. The van der Waals surface area contributed by atoms with Crippen molar-refractivity contribution in [2.45, 2.75) is 32.4 Å². The van der Waals surface area contributed by atoms with Crippen molar-refractivity contribution in [2.24, 2.45) is 0 Å². The summed E-state index contributed by atoms with van der Waals surface area (Å²) in [5.41, 5.74) is 3.16. The molecule has 1 saturated heterocycles. The first-order valence-corrected chi connectivity index (χ1v) is 7.99. The van der Waals surface area contributed by atoms with E-state index in [1.807, 2.05) is 12.1 Å². The van der Waals surface area contributed by atoms with E-state index in [1.165, 1.54) is 12.8 Å². The minimum atomic E-state index is 0. The quantitative estimate of drug-likeness (QED) is 0.869. The monoisotopic (exact) mass is 375 g/mol. The molecule has 1 aliphatic rings. The third-order valence-electron chi connectivity index (χ3n) is 4.48. The molecule has 0 amide bonds. The van der Waals surface area contributed by atoms with Gasteiger partial charge < -0.3 is 5.32 Å². The Balaban J connectivity index is 0.00000132. The number of hydrogen-bond acceptors (Lipinski definition) is 3. The van der Waals surface area contributed by atoms with Crippen LogP contribution in [0, 0.1) is 6.92 Å². The average molecular weight is 377 g/mol. The van der Waals surface area contributed by atoms with Gasteiger partial charge in [-0.2, -0.15) is 0 Å². The molecule has 0 saturated carbocycles. The number of halogens is 3. The molecule has 1 aromatic heterocycles. The second kappa shape index (κ2) is 9.05. The maximum absolute atomic E-state index is 6.55. The van der Waals surface area contributed by atoms with Crippen molar-refractivity contribution in [1.29, 1.82) is 0 Å². The molecule has 0 spiro atoms. The summed E-state index contributed by atoms with van der Waals surface area (Å²) in [6, 6.07) is 8.84. The molecule has 0 unspecified atom stereocenters. The number of nitrogens with one attached hydrogen (secondary N) is 1. The molecule has 0 atom stereocenters. The van der Waals surface area contributed by atoms with Crippen molar-refractivity contribution in [3.8, 4) is 0 Å². The fraction of sp³-hybridized carbons (Fsp3) is 0.471. The lowest BCUT2D eigenvalue weighted by atomic mass is 10.0. The molecule has 1 aliphatic heterocycles. The van der Waals surface area contributed by atoms with Gasteiger partial charge in [0.05, 0.1) is 16.2 Å². The maximum atomic E-state index is 6.55. The van der Waals surface area contributed by atoms with Crippen LogP contribution in [0.1, 0.15) is 24.1 Å². The lowest BCUT2D eigenvalue weighted by Crippen LogP contribution is -2.40. The number of benzene rings is 1. The smallest absolute Gasteiger partial charge is 0.0740 e. The molecule has 23 heavy (non-hydrogen) atoms. The Bertz CT molecular complexity index is 642. The Morgan fingerprint density at radius 3 is 2.57 bits per heavy atom. The molecule has 1 N–H and O–H groups in total. The molecular formula is C17H24Cl3N3. The topological polar surface area (TPSA) is 28.2 Å². The van der Waals surface area contributed by atoms with Gasteiger partial charge in [-0.25, -0.2) is 4.98 Å². The van der Waals surface area contributed by atoms with E-state index >= 15 is 0 Å². The molecule has 3 rings (SSSR count). The highest BCUT2D eigenvalue weighted by molar-refractivity contribution is 6.32. The highest BCUT2D eigenvalue weighted by Gasteiger charge is 2.20. The van der Waals surface area contributed by atoms with Crippen LogP contribution in [0.3, 0.4) is 0 Å². The van der Waals surface area contributed by atoms with Crippen molar-refractivity contribution in [3.63, 3.8) is 0 Å². The normalized spacial score (nSPS) is 15.3. The number of pyridine rings is 1. The van der Waals surface area contributed by atoms with Crippen molar-refractivity contribution in [1.82, 2.24) is 15.2 Å². The van der Waals surface area contributed by atoms with E-state index in [4.69, 9.17) is 16.6 Å². The summed E-state index contributed by atoms with van der Waals surface area (Å²) in [6.45, 7) is 5.11. The Labute approximate surface area is 155 Å². The number of hydrogen-bond donors (Lipinski definition) is 1. The van der Waals surface area contributed by atoms with Crippen LogP contribution >= 0.6 is 36.4 Å². The highest BCUT2D eigenvalue weighted by atomic mass is 35.5. The van der Waals surface area contributed by atoms with Gasteiger partial charge in [0.1, 0.15) is 0 Å². The lowest BCUT2D eigenvalue weighted by molar-refractivity contribution is 0.190. The third kappa shape index (κ3) is 4.49. The summed E-state index contributed by atoms with van der Waals surface area (Å²) < 4.78 is 0. The van der Waals surface area contributed by atoms with E-state index < -0.39 is 0 Å². The first-order chi connectivity index (χ1) is 10.2. The Morgan fingerprint density at radius 2 is 1.87 bits per heavy atom. The summed E-state index contributed by atoms with van der Waals surface area (Å²) in [5.74, 6) is 0. The van der Waals surface area contributed by atoms with Crippen molar-refractivity contribution < 1.29 is 0 Å².